The van der Waals surface area contributed by atoms with Crippen LogP contribution in [0.15, 0.2) is 12.1 Å². The number of nitrogens with zero attached hydrogens (tertiary/aromatic N) is 2. The molecular formula is C16H23ClN2O. The molecule has 3 nitrogen and oxygen atoms in total. The molecule has 1 aromatic rings. The first-order valence-electron chi connectivity index (χ1n) is 7.54. The fourth-order valence-corrected chi connectivity index (χ4v) is 2.78. The third-order valence-corrected chi connectivity index (χ3v) is 3.99. The molecule has 2 rings (SSSR count). The van der Waals surface area contributed by atoms with Gasteiger partial charge in [-0.05, 0) is 30.9 Å². The third-order valence-electron chi connectivity index (χ3n) is 3.80. The number of rotatable bonds is 2. The lowest BCUT2D eigenvalue weighted by atomic mass is 10.1. The molecule has 1 saturated heterocycles. The molecule has 0 bridgehead atoms. The zero-order valence-corrected chi connectivity index (χ0v) is 13.1. The molecule has 1 amide bonds. The number of halogens is 1. The third kappa shape index (κ3) is 3.95. The number of carbonyl (C=O) groups excluding carboxylic acids is 1. The maximum absolute atomic E-state index is 12.6. The van der Waals surface area contributed by atoms with Crippen molar-refractivity contribution in [3.05, 3.63) is 28.5 Å². The molecule has 20 heavy (non-hydrogen) atoms. The normalized spacial score (nSPS) is 16.9. The summed E-state index contributed by atoms with van der Waals surface area (Å²) in [5, 5.41) is 0.409. The molecule has 0 saturated carbocycles. The van der Waals surface area contributed by atoms with E-state index >= 15 is 0 Å². The quantitative estimate of drug-likeness (QED) is 0.763. The molecular weight excluding hydrogens is 272 g/mol. The van der Waals surface area contributed by atoms with Gasteiger partial charge >= 0.3 is 0 Å². The van der Waals surface area contributed by atoms with Crippen LogP contribution in [0.5, 0.6) is 0 Å². The standard InChI is InChI=1S/C16H23ClN2O/c1-12(2)14-10-13(11-15(17)18-14)16(20)19-8-6-4-3-5-7-9-19/h10-12H,3-9H2,1-2H3. The predicted molar refractivity (Wildman–Crippen MR) is 82.3 cm³/mol. The van der Waals surface area contributed by atoms with E-state index in [9.17, 15) is 4.79 Å². The van der Waals surface area contributed by atoms with Crippen molar-refractivity contribution in [3.8, 4) is 0 Å². The second-order valence-corrected chi connectivity index (χ2v) is 6.21. The van der Waals surface area contributed by atoms with Gasteiger partial charge in [0, 0.05) is 24.3 Å². The summed E-state index contributed by atoms with van der Waals surface area (Å²) in [6, 6.07) is 3.58. The van der Waals surface area contributed by atoms with E-state index in [4.69, 9.17) is 11.6 Å². The van der Waals surface area contributed by atoms with Gasteiger partial charge in [0.1, 0.15) is 5.15 Å². The van der Waals surface area contributed by atoms with Crippen molar-refractivity contribution in [3.63, 3.8) is 0 Å². The van der Waals surface area contributed by atoms with Crippen LogP contribution >= 0.6 is 11.6 Å². The minimum Gasteiger partial charge on any atom is -0.339 e. The Morgan fingerprint density at radius 3 is 2.35 bits per heavy atom. The molecule has 0 aromatic carbocycles. The zero-order valence-electron chi connectivity index (χ0n) is 12.4. The number of carbonyl (C=O) groups is 1. The van der Waals surface area contributed by atoms with Crippen LogP contribution < -0.4 is 0 Å². The first-order valence-corrected chi connectivity index (χ1v) is 7.92. The van der Waals surface area contributed by atoms with Crippen molar-refractivity contribution in [1.29, 1.82) is 0 Å². The summed E-state index contributed by atoms with van der Waals surface area (Å²) in [7, 11) is 0. The summed E-state index contributed by atoms with van der Waals surface area (Å²) >= 11 is 6.05. The highest BCUT2D eigenvalue weighted by atomic mass is 35.5. The highest BCUT2D eigenvalue weighted by molar-refractivity contribution is 6.29. The Hall–Kier alpha value is -1.09. The lowest BCUT2D eigenvalue weighted by Gasteiger charge is -2.25. The monoisotopic (exact) mass is 294 g/mol. The first-order chi connectivity index (χ1) is 9.58. The number of hydrogen-bond acceptors (Lipinski definition) is 2. The van der Waals surface area contributed by atoms with Crippen LogP contribution in [-0.4, -0.2) is 28.9 Å². The molecule has 0 N–H and O–H groups in total. The maximum atomic E-state index is 12.6. The lowest BCUT2D eigenvalue weighted by Crippen LogP contribution is -2.33. The van der Waals surface area contributed by atoms with Gasteiger partial charge in [0.25, 0.3) is 5.91 Å². The van der Waals surface area contributed by atoms with E-state index in [2.05, 4.69) is 18.8 Å². The van der Waals surface area contributed by atoms with Crippen LogP contribution in [0.2, 0.25) is 5.15 Å². The molecule has 0 atom stereocenters. The molecule has 110 valence electrons. The van der Waals surface area contributed by atoms with E-state index in [1.54, 1.807) is 6.07 Å². The van der Waals surface area contributed by atoms with Crippen LogP contribution in [0.3, 0.4) is 0 Å². The summed E-state index contributed by atoms with van der Waals surface area (Å²) in [6.07, 6.45) is 5.93. The molecule has 1 aliphatic rings. The van der Waals surface area contributed by atoms with Crippen molar-refractivity contribution >= 4 is 17.5 Å². The smallest absolute Gasteiger partial charge is 0.254 e. The molecule has 1 fully saturated rings. The molecule has 1 aromatic heterocycles. The number of amides is 1. The fraction of sp³-hybridized carbons (Fsp3) is 0.625. The van der Waals surface area contributed by atoms with Crippen LogP contribution in [0.1, 0.15) is 67.9 Å². The molecule has 2 heterocycles. The summed E-state index contributed by atoms with van der Waals surface area (Å²) in [4.78, 5) is 18.9. The molecule has 0 unspecified atom stereocenters. The van der Waals surface area contributed by atoms with Gasteiger partial charge in [-0.15, -0.1) is 0 Å². The average Bonchev–Trinajstić information content (AvgIpc) is 2.37. The van der Waals surface area contributed by atoms with Crippen LogP contribution in [-0.2, 0) is 0 Å². The lowest BCUT2D eigenvalue weighted by molar-refractivity contribution is 0.0742. The minimum atomic E-state index is 0.0955. The van der Waals surface area contributed by atoms with Gasteiger partial charge in [-0.2, -0.15) is 0 Å². The van der Waals surface area contributed by atoms with Crippen LogP contribution in [0, 0.1) is 0 Å². The van der Waals surface area contributed by atoms with Crippen molar-refractivity contribution in [2.75, 3.05) is 13.1 Å². The molecule has 1 aliphatic heterocycles. The minimum absolute atomic E-state index is 0.0955. The van der Waals surface area contributed by atoms with Gasteiger partial charge in [0.15, 0.2) is 0 Å². The highest BCUT2D eigenvalue weighted by Gasteiger charge is 2.18. The number of likely N-dealkylation sites (tertiary alicyclic amines) is 1. The van der Waals surface area contributed by atoms with Gasteiger partial charge in [0.05, 0.1) is 0 Å². The van der Waals surface area contributed by atoms with E-state index in [1.807, 2.05) is 11.0 Å². The number of pyridine rings is 1. The highest BCUT2D eigenvalue weighted by Crippen LogP contribution is 2.20. The molecule has 4 heteroatoms. The Labute approximate surface area is 126 Å². The van der Waals surface area contributed by atoms with E-state index < -0.39 is 0 Å². The summed E-state index contributed by atoms with van der Waals surface area (Å²) in [6.45, 7) is 5.83. The van der Waals surface area contributed by atoms with E-state index in [0.29, 0.717) is 10.7 Å². The van der Waals surface area contributed by atoms with E-state index in [1.165, 1.54) is 19.3 Å². The van der Waals surface area contributed by atoms with Crippen molar-refractivity contribution in [2.24, 2.45) is 0 Å². The fourth-order valence-electron chi connectivity index (χ4n) is 2.57. The second kappa shape index (κ2) is 7.07. The zero-order chi connectivity index (χ0) is 14.5. The SMILES string of the molecule is CC(C)c1cc(C(=O)N2CCCCCCC2)cc(Cl)n1. The van der Waals surface area contributed by atoms with Gasteiger partial charge < -0.3 is 4.90 Å². The predicted octanol–water partition coefficient (Wildman–Crippen LogP) is 4.26. The van der Waals surface area contributed by atoms with Gasteiger partial charge in [-0.25, -0.2) is 4.98 Å². The Bertz CT molecular complexity index is 466. The van der Waals surface area contributed by atoms with Gasteiger partial charge in [0.2, 0.25) is 0 Å². The van der Waals surface area contributed by atoms with Gasteiger partial charge in [-0.3, -0.25) is 4.79 Å². The van der Waals surface area contributed by atoms with Gasteiger partial charge in [-0.1, -0.05) is 44.7 Å². The van der Waals surface area contributed by atoms with Crippen molar-refractivity contribution in [2.45, 2.75) is 51.9 Å². The Balaban J connectivity index is 2.18. The largest absolute Gasteiger partial charge is 0.339 e. The molecule has 0 spiro atoms. The first kappa shape index (κ1) is 15.3. The maximum Gasteiger partial charge on any atom is 0.254 e. The van der Waals surface area contributed by atoms with Crippen LogP contribution in [0.4, 0.5) is 0 Å². The topological polar surface area (TPSA) is 33.2 Å². The number of hydrogen-bond donors (Lipinski definition) is 0. The summed E-state index contributed by atoms with van der Waals surface area (Å²) in [5.41, 5.74) is 1.56. The average molecular weight is 295 g/mol. The second-order valence-electron chi connectivity index (χ2n) is 5.82. The van der Waals surface area contributed by atoms with Crippen LogP contribution in [0.25, 0.3) is 0 Å². The Morgan fingerprint density at radius 1 is 1.15 bits per heavy atom. The van der Waals surface area contributed by atoms with E-state index in [0.717, 1.165) is 31.6 Å². The summed E-state index contributed by atoms with van der Waals surface area (Å²) < 4.78 is 0. The van der Waals surface area contributed by atoms with Crippen molar-refractivity contribution in [1.82, 2.24) is 9.88 Å². The molecule has 0 radical (unpaired) electrons. The van der Waals surface area contributed by atoms with E-state index in [-0.39, 0.29) is 11.8 Å². The number of aromatic nitrogens is 1. The Morgan fingerprint density at radius 2 is 1.75 bits per heavy atom. The molecule has 0 aliphatic carbocycles. The van der Waals surface area contributed by atoms with Crippen molar-refractivity contribution < 1.29 is 4.79 Å². The summed E-state index contributed by atoms with van der Waals surface area (Å²) in [5.74, 6) is 0.366. The Kier molecular flexibility index (Phi) is 5.41.